The number of aromatic nitrogens is 2. The molecule has 0 radical (unpaired) electrons. The molecule has 1 N–H and O–H groups in total. The maximum absolute atomic E-state index is 11.7. The van der Waals surface area contributed by atoms with Gasteiger partial charge in [0.15, 0.2) is 0 Å². The van der Waals surface area contributed by atoms with Crippen molar-refractivity contribution < 1.29 is 4.79 Å². The molecular formula is C10H8BrN3OS. The van der Waals surface area contributed by atoms with E-state index in [-0.39, 0.29) is 5.91 Å². The molecular weight excluding hydrogens is 290 g/mol. The molecule has 0 bridgehead atoms. The molecule has 0 aromatic carbocycles. The van der Waals surface area contributed by atoms with Crippen LogP contribution in [0.15, 0.2) is 28.3 Å². The van der Waals surface area contributed by atoms with E-state index in [1.807, 2.05) is 13.0 Å². The lowest BCUT2D eigenvalue weighted by molar-refractivity contribution is 0.103. The van der Waals surface area contributed by atoms with Crippen LogP contribution >= 0.6 is 27.3 Å². The summed E-state index contributed by atoms with van der Waals surface area (Å²) in [4.78, 5) is 20.3. The first-order chi connectivity index (χ1) is 7.66. The van der Waals surface area contributed by atoms with Gasteiger partial charge in [0, 0.05) is 4.47 Å². The van der Waals surface area contributed by atoms with E-state index in [4.69, 9.17) is 0 Å². The molecule has 0 atom stereocenters. The van der Waals surface area contributed by atoms with Crippen LogP contribution < -0.4 is 5.32 Å². The number of hydrogen-bond acceptors (Lipinski definition) is 4. The molecule has 2 aromatic heterocycles. The highest BCUT2D eigenvalue weighted by molar-refractivity contribution is 9.10. The Labute approximate surface area is 105 Å². The summed E-state index contributed by atoms with van der Waals surface area (Å²) >= 11 is 4.65. The quantitative estimate of drug-likeness (QED) is 0.927. The Balaban J connectivity index is 2.15. The van der Waals surface area contributed by atoms with Crippen LogP contribution in [0.1, 0.15) is 15.4 Å². The van der Waals surface area contributed by atoms with Crippen LogP contribution in [0.2, 0.25) is 0 Å². The Morgan fingerprint density at radius 2 is 2.31 bits per heavy atom. The highest BCUT2D eigenvalue weighted by atomic mass is 79.9. The predicted molar refractivity (Wildman–Crippen MR) is 66.7 cm³/mol. The number of carbonyl (C=O) groups is 1. The van der Waals surface area contributed by atoms with Crippen LogP contribution in [0.4, 0.5) is 5.82 Å². The van der Waals surface area contributed by atoms with Crippen LogP contribution in [-0.4, -0.2) is 15.9 Å². The van der Waals surface area contributed by atoms with Gasteiger partial charge in [0.25, 0.3) is 5.91 Å². The number of anilines is 1. The maximum atomic E-state index is 11.7. The third-order valence-electron chi connectivity index (χ3n) is 1.92. The number of halogens is 1. The first-order valence-electron chi connectivity index (χ1n) is 4.50. The molecule has 0 unspecified atom stereocenters. The third kappa shape index (κ3) is 2.45. The molecule has 2 heterocycles. The van der Waals surface area contributed by atoms with E-state index in [1.165, 1.54) is 17.5 Å². The first-order valence-corrected chi connectivity index (χ1v) is 6.17. The molecule has 16 heavy (non-hydrogen) atoms. The molecule has 0 aliphatic rings. The number of hydrogen-bond donors (Lipinski definition) is 1. The molecule has 0 aliphatic heterocycles. The number of aryl methyl sites for hydroxylation is 1. The first kappa shape index (κ1) is 11.2. The summed E-state index contributed by atoms with van der Waals surface area (Å²) in [6, 6.07) is 3.60. The topological polar surface area (TPSA) is 54.9 Å². The van der Waals surface area contributed by atoms with E-state index in [2.05, 4.69) is 31.2 Å². The Hall–Kier alpha value is -1.27. The minimum Gasteiger partial charge on any atom is -0.306 e. The Morgan fingerprint density at radius 3 is 2.94 bits per heavy atom. The second-order valence-corrected chi connectivity index (χ2v) is 4.82. The van der Waals surface area contributed by atoms with Gasteiger partial charge in [-0.15, -0.1) is 11.3 Å². The fourth-order valence-corrected chi connectivity index (χ4v) is 1.86. The summed E-state index contributed by atoms with van der Waals surface area (Å²) < 4.78 is 0.920. The van der Waals surface area contributed by atoms with Gasteiger partial charge in [0.1, 0.15) is 10.7 Å². The van der Waals surface area contributed by atoms with Gasteiger partial charge in [-0.05, 0) is 35.0 Å². The van der Waals surface area contributed by atoms with Crippen molar-refractivity contribution in [2.45, 2.75) is 6.92 Å². The zero-order chi connectivity index (χ0) is 11.5. The van der Waals surface area contributed by atoms with E-state index < -0.39 is 0 Å². The summed E-state index contributed by atoms with van der Waals surface area (Å²) in [6.07, 6.45) is 1.53. The van der Waals surface area contributed by atoms with E-state index in [0.717, 1.165) is 10.2 Å². The molecule has 0 aliphatic carbocycles. The highest BCUT2D eigenvalue weighted by Crippen LogP contribution is 2.17. The number of nitrogens with zero attached hydrogens (tertiary/aromatic N) is 2. The number of thiazole rings is 1. The van der Waals surface area contributed by atoms with Crippen LogP contribution in [-0.2, 0) is 0 Å². The Morgan fingerprint density at radius 1 is 1.50 bits per heavy atom. The Kier molecular flexibility index (Phi) is 3.31. The highest BCUT2D eigenvalue weighted by Gasteiger charge is 2.08. The lowest BCUT2D eigenvalue weighted by atomic mass is 10.3. The van der Waals surface area contributed by atoms with E-state index in [0.29, 0.717) is 10.7 Å². The molecule has 0 spiro atoms. The van der Waals surface area contributed by atoms with Gasteiger partial charge in [0.2, 0.25) is 0 Å². The van der Waals surface area contributed by atoms with Crippen molar-refractivity contribution in [1.82, 2.24) is 9.97 Å². The number of amides is 1. The molecule has 6 heteroatoms. The lowest BCUT2D eigenvalue weighted by Crippen LogP contribution is -2.11. The van der Waals surface area contributed by atoms with Gasteiger partial charge in [0.05, 0.1) is 17.4 Å². The van der Waals surface area contributed by atoms with Crippen molar-refractivity contribution >= 4 is 39.0 Å². The fourth-order valence-electron chi connectivity index (χ4n) is 1.12. The van der Waals surface area contributed by atoms with Crippen molar-refractivity contribution in [2.24, 2.45) is 0 Å². The average molecular weight is 298 g/mol. The van der Waals surface area contributed by atoms with Gasteiger partial charge in [-0.25, -0.2) is 4.98 Å². The van der Waals surface area contributed by atoms with Gasteiger partial charge in [-0.2, -0.15) is 0 Å². The monoisotopic (exact) mass is 297 g/mol. The molecule has 2 rings (SSSR count). The van der Waals surface area contributed by atoms with Crippen molar-refractivity contribution in [3.8, 4) is 0 Å². The summed E-state index contributed by atoms with van der Waals surface area (Å²) in [5.74, 6) is 0.357. The van der Waals surface area contributed by atoms with Crippen LogP contribution in [0.3, 0.4) is 0 Å². The number of nitrogens with one attached hydrogen (secondary N) is 1. The average Bonchev–Trinajstić information content (AvgIpc) is 2.77. The molecule has 2 aromatic rings. The third-order valence-corrected chi connectivity index (χ3v) is 3.53. The predicted octanol–water partition coefficient (Wildman–Crippen LogP) is 2.86. The van der Waals surface area contributed by atoms with Crippen molar-refractivity contribution in [1.29, 1.82) is 0 Å². The molecule has 82 valence electrons. The molecule has 0 fully saturated rings. The zero-order valence-corrected chi connectivity index (χ0v) is 10.8. The van der Waals surface area contributed by atoms with Crippen LogP contribution in [0.25, 0.3) is 0 Å². The fraction of sp³-hybridized carbons (Fsp3) is 0.100. The minimum atomic E-state index is -0.184. The summed E-state index contributed by atoms with van der Waals surface area (Å²) in [6.45, 7) is 1.87. The van der Waals surface area contributed by atoms with E-state index in [9.17, 15) is 4.79 Å². The van der Waals surface area contributed by atoms with Crippen molar-refractivity contribution in [3.05, 3.63) is 38.9 Å². The van der Waals surface area contributed by atoms with Gasteiger partial charge < -0.3 is 5.32 Å². The zero-order valence-electron chi connectivity index (χ0n) is 8.40. The number of pyridine rings is 1. The van der Waals surface area contributed by atoms with Crippen LogP contribution in [0.5, 0.6) is 0 Å². The Bertz CT molecular complexity index is 513. The molecule has 4 nitrogen and oxygen atoms in total. The van der Waals surface area contributed by atoms with Crippen molar-refractivity contribution in [3.63, 3.8) is 0 Å². The molecule has 0 saturated heterocycles. The standard InChI is InChI=1S/C10H8BrN3OS/c1-6-7(11)2-3-9(13-6)14-10(15)8-4-12-5-16-8/h2-5H,1H3,(H,13,14,15). The van der Waals surface area contributed by atoms with E-state index in [1.54, 1.807) is 11.6 Å². The largest absolute Gasteiger partial charge is 0.306 e. The molecule has 1 amide bonds. The summed E-state index contributed by atoms with van der Waals surface area (Å²) in [5.41, 5.74) is 2.46. The number of carbonyl (C=O) groups excluding carboxylic acids is 1. The van der Waals surface area contributed by atoms with Gasteiger partial charge in [-0.1, -0.05) is 0 Å². The summed E-state index contributed by atoms with van der Waals surface area (Å²) in [5, 5.41) is 2.71. The SMILES string of the molecule is Cc1nc(NC(=O)c2cncs2)ccc1Br. The van der Waals surface area contributed by atoms with E-state index >= 15 is 0 Å². The van der Waals surface area contributed by atoms with Gasteiger partial charge in [-0.3, -0.25) is 9.78 Å². The second kappa shape index (κ2) is 4.71. The lowest BCUT2D eigenvalue weighted by Gasteiger charge is -2.04. The van der Waals surface area contributed by atoms with Gasteiger partial charge >= 0.3 is 0 Å². The number of rotatable bonds is 2. The smallest absolute Gasteiger partial charge is 0.268 e. The molecule has 0 saturated carbocycles. The normalized spacial score (nSPS) is 10.1. The second-order valence-electron chi connectivity index (χ2n) is 3.08. The van der Waals surface area contributed by atoms with Crippen LogP contribution in [0, 0.1) is 6.92 Å². The summed E-state index contributed by atoms with van der Waals surface area (Å²) in [7, 11) is 0. The minimum absolute atomic E-state index is 0.184. The van der Waals surface area contributed by atoms with Crippen molar-refractivity contribution in [2.75, 3.05) is 5.32 Å². The maximum Gasteiger partial charge on any atom is 0.268 e.